The zero-order chi connectivity index (χ0) is 13.5. The third kappa shape index (κ3) is 3.98. The third-order valence-corrected chi connectivity index (χ3v) is 2.95. The van der Waals surface area contributed by atoms with E-state index in [2.05, 4.69) is 29.4 Å². The Morgan fingerprint density at radius 3 is 2.63 bits per heavy atom. The van der Waals surface area contributed by atoms with Crippen molar-refractivity contribution in [2.45, 2.75) is 26.4 Å². The van der Waals surface area contributed by atoms with E-state index in [1.807, 2.05) is 31.3 Å². The minimum atomic E-state index is 0.489. The maximum absolute atomic E-state index is 5.73. The molecule has 3 nitrogen and oxygen atoms in total. The van der Waals surface area contributed by atoms with Crippen LogP contribution in [-0.2, 0) is 13.0 Å². The van der Waals surface area contributed by atoms with E-state index in [4.69, 9.17) is 4.74 Å². The highest BCUT2D eigenvalue weighted by Gasteiger charge is 1.99. The minimum Gasteiger partial charge on any atom is -0.487 e. The molecule has 1 aromatic carbocycles. The molecule has 0 fully saturated rings. The number of anilines is 1. The van der Waals surface area contributed by atoms with E-state index < -0.39 is 0 Å². The van der Waals surface area contributed by atoms with Gasteiger partial charge in [-0.1, -0.05) is 25.5 Å². The molecule has 2 rings (SSSR count). The standard InChI is InChI=1S/C16H20N2O/c1-3-4-13-5-7-16(8-6-13)19-12-15-11-14(17-2)9-10-18-15/h5-11H,3-4,12H2,1-2H3,(H,17,18). The first-order valence-corrected chi connectivity index (χ1v) is 6.66. The number of ether oxygens (including phenoxy) is 1. The van der Waals surface area contributed by atoms with Crippen molar-refractivity contribution in [1.82, 2.24) is 4.98 Å². The number of pyridine rings is 1. The lowest BCUT2D eigenvalue weighted by atomic mass is 10.1. The number of rotatable bonds is 6. The van der Waals surface area contributed by atoms with Gasteiger partial charge >= 0.3 is 0 Å². The van der Waals surface area contributed by atoms with Crippen molar-refractivity contribution in [1.29, 1.82) is 0 Å². The Morgan fingerprint density at radius 1 is 1.16 bits per heavy atom. The number of aryl methyl sites for hydroxylation is 1. The first-order valence-electron chi connectivity index (χ1n) is 6.66. The van der Waals surface area contributed by atoms with E-state index in [9.17, 15) is 0 Å². The highest BCUT2D eigenvalue weighted by molar-refractivity contribution is 5.42. The predicted molar refractivity (Wildman–Crippen MR) is 78.6 cm³/mol. The number of hydrogen-bond donors (Lipinski definition) is 1. The van der Waals surface area contributed by atoms with E-state index in [0.29, 0.717) is 6.61 Å². The average Bonchev–Trinajstić information content (AvgIpc) is 2.47. The summed E-state index contributed by atoms with van der Waals surface area (Å²) in [7, 11) is 1.90. The molecule has 3 heteroatoms. The second-order valence-electron chi connectivity index (χ2n) is 4.47. The second-order valence-corrected chi connectivity index (χ2v) is 4.47. The zero-order valence-electron chi connectivity index (χ0n) is 11.5. The van der Waals surface area contributed by atoms with Crippen molar-refractivity contribution in [3.63, 3.8) is 0 Å². The summed E-state index contributed by atoms with van der Waals surface area (Å²) >= 11 is 0. The first-order chi connectivity index (χ1) is 9.31. The van der Waals surface area contributed by atoms with Crippen LogP contribution < -0.4 is 10.1 Å². The van der Waals surface area contributed by atoms with Crippen molar-refractivity contribution in [3.8, 4) is 5.75 Å². The smallest absolute Gasteiger partial charge is 0.130 e. The second kappa shape index (κ2) is 6.78. The topological polar surface area (TPSA) is 34.1 Å². The summed E-state index contributed by atoms with van der Waals surface area (Å²) in [6.45, 7) is 2.67. The van der Waals surface area contributed by atoms with Crippen LogP contribution in [0.25, 0.3) is 0 Å². The zero-order valence-corrected chi connectivity index (χ0v) is 11.5. The van der Waals surface area contributed by atoms with E-state index in [0.717, 1.165) is 23.6 Å². The molecule has 0 amide bonds. The van der Waals surface area contributed by atoms with Gasteiger partial charge in [-0.3, -0.25) is 4.98 Å². The highest BCUT2D eigenvalue weighted by atomic mass is 16.5. The monoisotopic (exact) mass is 256 g/mol. The summed E-state index contributed by atoms with van der Waals surface area (Å²) in [5, 5.41) is 3.09. The maximum Gasteiger partial charge on any atom is 0.130 e. The molecule has 0 radical (unpaired) electrons. The van der Waals surface area contributed by atoms with Crippen LogP contribution in [0.3, 0.4) is 0 Å². The number of nitrogens with one attached hydrogen (secondary N) is 1. The molecule has 0 aliphatic rings. The van der Waals surface area contributed by atoms with Gasteiger partial charge in [0, 0.05) is 18.9 Å². The highest BCUT2D eigenvalue weighted by Crippen LogP contribution is 2.15. The van der Waals surface area contributed by atoms with Crippen LogP contribution in [0.2, 0.25) is 0 Å². The predicted octanol–water partition coefficient (Wildman–Crippen LogP) is 3.65. The fourth-order valence-corrected chi connectivity index (χ4v) is 1.91. The molecule has 1 heterocycles. The van der Waals surface area contributed by atoms with Crippen LogP contribution in [-0.4, -0.2) is 12.0 Å². The van der Waals surface area contributed by atoms with E-state index in [1.165, 1.54) is 12.0 Å². The van der Waals surface area contributed by atoms with Crippen LogP contribution in [0.4, 0.5) is 5.69 Å². The van der Waals surface area contributed by atoms with Crippen molar-refractivity contribution in [2.24, 2.45) is 0 Å². The van der Waals surface area contributed by atoms with Crippen molar-refractivity contribution >= 4 is 5.69 Å². The lowest BCUT2D eigenvalue weighted by Gasteiger charge is -2.08. The fourth-order valence-electron chi connectivity index (χ4n) is 1.91. The fraction of sp³-hybridized carbons (Fsp3) is 0.312. The van der Waals surface area contributed by atoms with Gasteiger partial charge in [0.2, 0.25) is 0 Å². The Bertz CT molecular complexity index is 508. The molecule has 2 aromatic rings. The van der Waals surface area contributed by atoms with Gasteiger partial charge in [-0.25, -0.2) is 0 Å². The largest absolute Gasteiger partial charge is 0.487 e. The molecular formula is C16H20N2O. The van der Waals surface area contributed by atoms with Gasteiger partial charge in [0.1, 0.15) is 12.4 Å². The Hall–Kier alpha value is -2.03. The lowest BCUT2D eigenvalue weighted by Crippen LogP contribution is -1.99. The van der Waals surface area contributed by atoms with Gasteiger partial charge in [-0.15, -0.1) is 0 Å². The molecule has 0 unspecified atom stereocenters. The average molecular weight is 256 g/mol. The quantitative estimate of drug-likeness (QED) is 0.856. The molecule has 0 saturated heterocycles. The molecule has 0 aliphatic heterocycles. The van der Waals surface area contributed by atoms with E-state index in [-0.39, 0.29) is 0 Å². The van der Waals surface area contributed by atoms with Gasteiger partial charge < -0.3 is 10.1 Å². The molecule has 0 bridgehead atoms. The SMILES string of the molecule is CCCc1ccc(OCc2cc(NC)ccn2)cc1. The molecule has 19 heavy (non-hydrogen) atoms. The number of benzene rings is 1. The van der Waals surface area contributed by atoms with E-state index in [1.54, 1.807) is 6.20 Å². The molecule has 0 atom stereocenters. The maximum atomic E-state index is 5.73. The van der Waals surface area contributed by atoms with Gasteiger partial charge in [0.05, 0.1) is 5.69 Å². The summed E-state index contributed by atoms with van der Waals surface area (Å²) in [5.41, 5.74) is 3.32. The summed E-state index contributed by atoms with van der Waals surface area (Å²) in [6, 6.07) is 12.2. The number of nitrogens with zero attached hydrogens (tertiary/aromatic N) is 1. The van der Waals surface area contributed by atoms with Crippen molar-refractivity contribution in [3.05, 3.63) is 53.9 Å². The molecule has 0 spiro atoms. The molecule has 100 valence electrons. The van der Waals surface area contributed by atoms with Gasteiger partial charge in [-0.2, -0.15) is 0 Å². The van der Waals surface area contributed by atoms with Gasteiger partial charge in [0.25, 0.3) is 0 Å². The summed E-state index contributed by atoms with van der Waals surface area (Å²) in [6.07, 6.45) is 4.07. The summed E-state index contributed by atoms with van der Waals surface area (Å²) in [4.78, 5) is 4.28. The number of aromatic nitrogens is 1. The minimum absolute atomic E-state index is 0.489. The van der Waals surface area contributed by atoms with E-state index >= 15 is 0 Å². The first kappa shape index (κ1) is 13.4. The van der Waals surface area contributed by atoms with Crippen molar-refractivity contribution < 1.29 is 4.74 Å². The molecule has 1 N–H and O–H groups in total. The number of hydrogen-bond acceptors (Lipinski definition) is 3. The van der Waals surface area contributed by atoms with Crippen LogP contribution in [0.15, 0.2) is 42.6 Å². The third-order valence-electron chi connectivity index (χ3n) is 2.95. The normalized spacial score (nSPS) is 10.2. The molecule has 1 aromatic heterocycles. The molecular weight excluding hydrogens is 236 g/mol. The Morgan fingerprint density at radius 2 is 1.95 bits per heavy atom. The van der Waals surface area contributed by atoms with Crippen LogP contribution in [0, 0.1) is 0 Å². The Balaban J connectivity index is 1.94. The van der Waals surface area contributed by atoms with Crippen LogP contribution in [0.1, 0.15) is 24.6 Å². The van der Waals surface area contributed by atoms with Crippen molar-refractivity contribution in [2.75, 3.05) is 12.4 Å². The molecule has 0 saturated carbocycles. The summed E-state index contributed by atoms with van der Waals surface area (Å²) in [5.74, 6) is 0.886. The molecule has 0 aliphatic carbocycles. The summed E-state index contributed by atoms with van der Waals surface area (Å²) < 4.78 is 5.73. The van der Waals surface area contributed by atoms with Gasteiger partial charge in [-0.05, 0) is 36.2 Å². The van der Waals surface area contributed by atoms with Crippen LogP contribution in [0.5, 0.6) is 5.75 Å². The Labute approximate surface area is 114 Å². The van der Waals surface area contributed by atoms with Crippen LogP contribution >= 0.6 is 0 Å². The van der Waals surface area contributed by atoms with Gasteiger partial charge in [0.15, 0.2) is 0 Å². The lowest BCUT2D eigenvalue weighted by molar-refractivity contribution is 0.301. The Kier molecular flexibility index (Phi) is 4.78.